The molecular weight excluding hydrogens is 213 g/mol. The summed E-state index contributed by atoms with van der Waals surface area (Å²) in [5, 5.41) is 8.62. The fourth-order valence-corrected chi connectivity index (χ4v) is 1.20. The van der Waals surface area contributed by atoms with Crippen LogP contribution in [0.15, 0.2) is 23.6 Å². The molecule has 0 spiro atoms. The van der Waals surface area contributed by atoms with Crippen molar-refractivity contribution in [2.24, 2.45) is 0 Å². The van der Waals surface area contributed by atoms with Gasteiger partial charge < -0.3 is 9.84 Å². The minimum Gasteiger partial charge on any atom is -0.478 e. The highest BCUT2D eigenvalue weighted by atomic mass is 19.2. The molecule has 0 fully saturated rings. The standard InChI is InChI=1S/C9H9F3O3/c1-8(11)3-5(7(13)14)9(12,15-2)4-6(8)10/h3-4H,1-2H3,(H,13,14). The van der Waals surface area contributed by atoms with Gasteiger partial charge in [-0.05, 0) is 13.0 Å². The second kappa shape index (κ2) is 3.37. The number of methoxy groups -OCH3 is 1. The number of rotatable bonds is 2. The summed E-state index contributed by atoms with van der Waals surface area (Å²) < 4.78 is 44.2. The molecule has 0 aromatic carbocycles. The zero-order valence-electron chi connectivity index (χ0n) is 8.05. The third-order valence-electron chi connectivity index (χ3n) is 2.09. The molecule has 0 heterocycles. The van der Waals surface area contributed by atoms with Crippen molar-refractivity contribution in [1.82, 2.24) is 0 Å². The van der Waals surface area contributed by atoms with Crippen LogP contribution >= 0.6 is 0 Å². The van der Waals surface area contributed by atoms with Crippen LogP contribution in [0.3, 0.4) is 0 Å². The molecule has 0 bridgehead atoms. The van der Waals surface area contributed by atoms with Gasteiger partial charge in [0.15, 0.2) is 5.67 Å². The molecule has 2 unspecified atom stereocenters. The summed E-state index contributed by atoms with van der Waals surface area (Å²) in [6.45, 7) is 0.789. The summed E-state index contributed by atoms with van der Waals surface area (Å²) in [6.07, 6.45) is 0.532. The van der Waals surface area contributed by atoms with E-state index in [0.717, 1.165) is 14.0 Å². The van der Waals surface area contributed by atoms with Gasteiger partial charge in [0, 0.05) is 13.2 Å². The molecule has 1 aliphatic carbocycles. The van der Waals surface area contributed by atoms with E-state index >= 15 is 0 Å². The Morgan fingerprint density at radius 1 is 1.47 bits per heavy atom. The second-order valence-corrected chi connectivity index (χ2v) is 3.28. The van der Waals surface area contributed by atoms with E-state index in [1.54, 1.807) is 0 Å². The van der Waals surface area contributed by atoms with Gasteiger partial charge in [-0.2, -0.15) is 0 Å². The van der Waals surface area contributed by atoms with Gasteiger partial charge in [0.2, 0.25) is 0 Å². The average molecular weight is 222 g/mol. The Kier molecular flexibility index (Phi) is 2.65. The molecule has 1 rings (SSSR count). The average Bonchev–Trinajstić information content (AvgIpc) is 2.11. The van der Waals surface area contributed by atoms with Crippen molar-refractivity contribution in [3.05, 3.63) is 23.6 Å². The van der Waals surface area contributed by atoms with E-state index in [-0.39, 0.29) is 6.08 Å². The zero-order valence-corrected chi connectivity index (χ0v) is 8.05. The van der Waals surface area contributed by atoms with E-state index < -0.39 is 28.9 Å². The number of halogens is 3. The van der Waals surface area contributed by atoms with E-state index in [4.69, 9.17) is 5.11 Å². The second-order valence-electron chi connectivity index (χ2n) is 3.28. The molecule has 0 saturated carbocycles. The minimum atomic E-state index is -2.93. The summed E-state index contributed by atoms with van der Waals surface area (Å²) in [5.74, 6) is -6.05. The first-order valence-electron chi connectivity index (χ1n) is 4.01. The molecule has 1 N–H and O–H groups in total. The van der Waals surface area contributed by atoms with Crippen LogP contribution in [0, 0.1) is 0 Å². The molecule has 15 heavy (non-hydrogen) atoms. The quantitative estimate of drug-likeness (QED) is 0.776. The van der Waals surface area contributed by atoms with Gasteiger partial charge in [-0.1, -0.05) is 0 Å². The van der Waals surface area contributed by atoms with Gasteiger partial charge in [-0.15, -0.1) is 0 Å². The van der Waals surface area contributed by atoms with Crippen LogP contribution in [-0.4, -0.2) is 29.7 Å². The number of alkyl halides is 2. The van der Waals surface area contributed by atoms with Crippen LogP contribution in [0.2, 0.25) is 0 Å². The molecule has 6 heteroatoms. The number of carboxylic acids is 1. The molecule has 0 aliphatic heterocycles. The molecule has 0 saturated heterocycles. The van der Waals surface area contributed by atoms with Gasteiger partial charge in [-0.25, -0.2) is 18.0 Å². The summed E-state index contributed by atoms with van der Waals surface area (Å²) in [5.41, 5.74) is -3.60. The number of hydrogen-bond acceptors (Lipinski definition) is 2. The van der Waals surface area contributed by atoms with Gasteiger partial charge in [0.1, 0.15) is 11.4 Å². The molecule has 0 amide bonds. The zero-order chi connectivity index (χ0) is 11.9. The predicted molar refractivity (Wildman–Crippen MR) is 45.3 cm³/mol. The minimum absolute atomic E-state index is 0.177. The molecule has 0 aromatic heterocycles. The van der Waals surface area contributed by atoms with E-state index in [1.807, 2.05) is 0 Å². The summed E-state index contributed by atoms with van der Waals surface area (Å²) in [6, 6.07) is 0. The fraction of sp³-hybridized carbons (Fsp3) is 0.444. The van der Waals surface area contributed by atoms with Crippen LogP contribution in [0.25, 0.3) is 0 Å². The lowest BCUT2D eigenvalue weighted by atomic mass is 9.91. The number of carboxylic acid groups (broad SMARTS) is 1. The van der Waals surface area contributed by atoms with Gasteiger partial charge in [0.25, 0.3) is 5.85 Å². The molecule has 0 aromatic rings. The monoisotopic (exact) mass is 222 g/mol. The summed E-state index contributed by atoms with van der Waals surface area (Å²) >= 11 is 0. The Bertz CT molecular complexity index is 360. The number of ether oxygens (including phenoxy) is 1. The van der Waals surface area contributed by atoms with Crippen LogP contribution < -0.4 is 0 Å². The topological polar surface area (TPSA) is 46.5 Å². The lowest BCUT2D eigenvalue weighted by Gasteiger charge is -2.28. The molecular formula is C9H9F3O3. The first-order valence-corrected chi connectivity index (χ1v) is 4.01. The maximum Gasteiger partial charge on any atom is 0.337 e. The van der Waals surface area contributed by atoms with E-state index in [9.17, 15) is 18.0 Å². The highest BCUT2D eigenvalue weighted by Crippen LogP contribution is 2.39. The van der Waals surface area contributed by atoms with Gasteiger partial charge >= 0.3 is 5.97 Å². The largest absolute Gasteiger partial charge is 0.478 e. The van der Waals surface area contributed by atoms with Gasteiger partial charge in [-0.3, -0.25) is 0 Å². The van der Waals surface area contributed by atoms with Crippen LogP contribution in [-0.2, 0) is 9.53 Å². The SMILES string of the molecule is COC1(F)C=C(F)C(C)(F)C=C1C(=O)O. The first-order chi connectivity index (χ1) is 6.73. The predicted octanol–water partition coefficient (Wildman–Crippen LogP) is 1.90. The molecule has 84 valence electrons. The Balaban J connectivity index is 3.29. The summed E-state index contributed by atoms with van der Waals surface area (Å²) in [7, 11) is 0.863. The van der Waals surface area contributed by atoms with Crippen molar-refractivity contribution < 1.29 is 27.8 Å². The third kappa shape index (κ3) is 1.90. The van der Waals surface area contributed by atoms with Crippen LogP contribution in [0.1, 0.15) is 6.92 Å². The maximum atomic E-state index is 13.7. The van der Waals surface area contributed by atoms with Crippen LogP contribution in [0.4, 0.5) is 13.2 Å². The van der Waals surface area contributed by atoms with E-state index in [1.165, 1.54) is 0 Å². The van der Waals surface area contributed by atoms with Crippen molar-refractivity contribution in [3.8, 4) is 0 Å². The van der Waals surface area contributed by atoms with E-state index in [2.05, 4.69) is 4.74 Å². The number of hydrogen-bond donors (Lipinski definition) is 1. The van der Waals surface area contributed by atoms with Crippen molar-refractivity contribution in [2.75, 3.05) is 7.11 Å². The number of allylic oxidation sites excluding steroid dienone is 2. The van der Waals surface area contributed by atoms with Crippen molar-refractivity contribution in [1.29, 1.82) is 0 Å². The van der Waals surface area contributed by atoms with E-state index in [0.29, 0.717) is 6.08 Å². The van der Waals surface area contributed by atoms with Crippen molar-refractivity contribution in [2.45, 2.75) is 18.4 Å². The Labute approximate surface area is 83.8 Å². The Morgan fingerprint density at radius 2 is 2.00 bits per heavy atom. The van der Waals surface area contributed by atoms with Gasteiger partial charge in [0.05, 0.1) is 0 Å². The third-order valence-corrected chi connectivity index (χ3v) is 2.09. The molecule has 3 nitrogen and oxygen atoms in total. The highest BCUT2D eigenvalue weighted by molar-refractivity contribution is 5.90. The smallest absolute Gasteiger partial charge is 0.337 e. The maximum absolute atomic E-state index is 13.7. The van der Waals surface area contributed by atoms with Crippen LogP contribution in [0.5, 0.6) is 0 Å². The fourth-order valence-electron chi connectivity index (χ4n) is 1.20. The lowest BCUT2D eigenvalue weighted by molar-refractivity contribution is -0.139. The Morgan fingerprint density at radius 3 is 2.40 bits per heavy atom. The van der Waals surface area contributed by atoms with Crippen molar-refractivity contribution in [3.63, 3.8) is 0 Å². The lowest BCUT2D eigenvalue weighted by Crippen LogP contribution is -2.37. The molecule has 2 atom stereocenters. The molecule has 1 aliphatic rings. The highest BCUT2D eigenvalue weighted by Gasteiger charge is 2.46. The Hall–Kier alpha value is -1.30. The number of carbonyl (C=O) groups is 1. The first kappa shape index (κ1) is 11.8. The molecule has 0 radical (unpaired) electrons. The number of aliphatic carboxylic acids is 1. The van der Waals surface area contributed by atoms with Crippen molar-refractivity contribution >= 4 is 5.97 Å². The normalized spacial score (nSPS) is 35.8. The summed E-state index contributed by atoms with van der Waals surface area (Å²) in [4.78, 5) is 10.6.